The van der Waals surface area contributed by atoms with Crippen LogP contribution in [0, 0.1) is 0 Å². The monoisotopic (exact) mass is 381 g/mol. The maximum Gasteiger partial charge on any atom is 0.265 e. The van der Waals surface area contributed by atoms with Crippen LogP contribution in [0.5, 0.6) is 5.75 Å². The third-order valence-corrected chi connectivity index (χ3v) is 4.84. The SMILES string of the molecule is CN(C(=O)COc1ccc(Br)cc1S(=O)(=O)Cl)C1CC1. The maximum atomic E-state index is 11.8. The highest BCUT2D eigenvalue weighted by Gasteiger charge is 2.29. The Bertz CT molecular complexity index is 630. The molecule has 1 aliphatic carbocycles. The Morgan fingerprint density at radius 3 is 2.70 bits per heavy atom. The lowest BCUT2D eigenvalue weighted by atomic mass is 10.3. The molecule has 8 heteroatoms. The molecule has 1 aromatic carbocycles. The van der Waals surface area contributed by atoms with Crippen molar-refractivity contribution in [1.82, 2.24) is 4.90 Å². The summed E-state index contributed by atoms with van der Waals surface area (Å²) >= 11 is 3.17. The van der Waals surface area contributed by atoms with E-state index in [4.69, 9.17) is 15.4 Å². The molecule has 1 fully saturated rings. The predicted octanol–water partition coefficient (Wildman–Crippen LogP) is 2.38. The fraction of sp³-hybridized carbons (Fsp3) is 0.417. The summed E-state index contributed by atoms with van der Waals surface area (Å²) in [5.41, 5.74) is 0. The predicted molar refractivity (Wildman–Crippen MR) is 78.5 cm³/mol. The largest absolute Gasteiger partial charge is 0.482 e. The van der Waals surface area contributed by atoms with E-state index >= 15 is 0 Å². The zero-order valence-corrected chi connectivity index (χ0v) is 13.8. The van der Waals surface area contributed by atoms with E-state index in [1.54, 1.807) is 18.0 Å². The van der Waals surface area contributed by atoms with Crippen molar-refractivity contribution >= 4 is 41.6 Å². The van der Waals surface area contributed by atoms with Crippen LogP contribution >= 0.6 is 26.6 Å². The molecular formula is C12H13BrClNO4S. The summed E-state index contributed by atoms with van der Waals surface area (Å²) in [6.45, 7) is -0.214. The zero-order chi connectivity index (χ0) is 14.9. The van der Waals surface area contributed by atoms with Gasteiger partial charge < -0.3 is 9.64 Å². The van der Waals surface area contributed by atoms with Gasteiger partial charge in [-0.2, -0.15) is 0 Å². The third kappa shape index (κ3) is 3.86. The van der Waals surface area contributed by atoms with Crippen molar-refractivity contribution in [2.75, 3.05) is 13.7 Å². The van der Waals surface area contributed by atoms with Crippen molar-refractivity contribution in [1.29, 1.82) is 0 Å². The van der Waals surface area contributed by atoms with Crippen LogP contribution in [0.15, 0.2) is 27.6 Å². The van der Waals surface area contributed by atoms with Crippen LogP contribution < -0.4 is 4.74 Å². The van der Waals surface area contributed by atoms with Gasteiger partial charge in [0.2, 0.25) is 0 Å². The Hall–Kier alpha value is -0.790. The van der Waals surface area contributed by atoms with E-state index in [9.17, 15) is 13.2 Å². The second kappa shape index (κ2) is 5.91. The number of carbonyl (C=O) groups is 1. The van der Waals surface area contributed by atoms with E-state index in [1.807, 2.05) is 0 Å². The minimum atomic E-state index is -3.94. The number of ether oxygens (including phenoxy) is 1. The lowest BCUT2D eigenvalue weighted by Gasteiger charge is -2.17. The van der Waals surface area contributed by atoms with Crippen molar-refractivity contribution in [2.24, 2.45) is 0 Å². The summed E-state index contributed by atoms with van der Waals surface area (Å²) < 4.78 is 28.8. The van der Waals surface area contributed by atoms with E-state index in [-0.39, 0.29) is 29.2 Å². The molecule has 0 aromatic heterocycles. The van der Waals surface area contributed by atoms with Gasteiger partial charge >= 0.3 is 0 Å². The van der Waals surface area contributed by atoms with E-state index in [2.05, 4.69) is 15.9 Å². The van der Waals surface area contributed by atoms with Crippen LogP contribution in [0.3, 0.4) is 0 Å². The first-order valence-electron chi connectivity index (χ1n) is 5.91. The summed E-state index contributed by atoms with van der Waals surface area (Å²) in [6.07, 6.45) is 2.00. The van der Waals surface area contributed by atoms with Crippen LogP contribution in [0.1, 0.15) is 12.8 Å². The molecule has 5 nitrogen and oxygen atoms in total. The number of hydrogen-bond donors (Lipinski definition) is 0. The molecule has 1 amide bonds. The van der Waals surface area contributed by atoms with Crippen molar-refractivity contribution in [3.05, 3.63) is 22.7 Å². The van der Waals surface area contributed by atoms with Crippen molar-refractivity contribution < 1.29 is 17.9 Å². The Morgan fingerprint density at radius 2 is 2.15 bits per heavy atom. The number of amides is 1. The fourth-order valence-corrected chi connectivity index (χ4v) is 3.21. The average Bonchev–Trinajstić information content (AvgIpc) is 3.19. The average molecular weight is 383 g/mol. The van der Waals surface area contributed by atoms with Gasteiger partial charge in [0.25, 0.3) is 15.0 Å². The second-order valence-corrected chi connectivity index (χ2v) is 8.00. The van der Waals surface area contributed by atoms with Crippen molar-refractivity contribution in [3.8, 4) is 5.75 Å². The summed E-state index contributed by atoms with van der Waals surface area (Å²) in [4.78, 5) is 13.3. The number of likely N-dealkylation sites (N-methyl/N-ethyl adjacent to an activating group) is 1. The first-order valence-corrected chi connectivity index (χ1v) is 9.02. The van der Waals surface area contributed by atoms with Gasteiger partial charge in [-0.1, -0.05) is 15.9 Å². The molecule has 0 atom stereocenters. The maximum absolute atomic E-state index is 11.8. The molecule has 0 unspecified atom stereocenters. The highest BCUT2D eigenvalue weighted by Crippen LogP contribution is 2.30. The van der Waals surface area contributed by atoms with E-state index < -0.39 is 9.05 Å². The highest BCUT2D eigenvalue weighted by atomic mass is 79.9. The third-order valence-electron chi connectivity index (χ3n) is 3.01. The van der Waals surface area contributed by atoms with Gasteiger partial charge in [0.15, 0.2) is 6.61 Å². The molecule has 0 aliphatic heterocycles. The molecule has 0 heterocycles. The molecule has 20 heavy (non-hydrogen) atoms. The van der Waals surface area contributed by atoms with Gasteiger partial charge in [0, 0.05) is 28.2 Å². The minimum Gasteiger partial charge on any atom is -0.482 e. The van der Waals surface area contributed by atoms with E-state index in [0.717, 1.165) is 12.8 Å². The Kier molecular flexibility index (Phi) is 4.61. The zero-order valence-electron chi connectivity index (χ0n) is 10.7. The Labute approximate surface area is 130 Å². The quantitative estimate of drug-likeness (QED) is 0.734. The van der Waals surface area contributed by atoms with Crippen molar-refractivity contribution in [2.45, 2.75) is 23.8 Å². The standard InChI is InChI=1S/C12H13BrClNO4S/c1-15(9-3-4-9)12(16)7-19-10-5-2-8(13)6-11(10)20(14,17)18/h2,5-6,9H,3-4,7H2,1H3. The normalized spacial score (nSPS) is 14.9. The molecule has 0 N–H and O–H groups in total. The molecule has 1 aliphatic rings. The van der Waals surface area contributed by atoms with Crippen LogP contribution in [-0.2, 0) is 13.8 Å². The van der Waals surface area contributed by atoms with E-state index in [0.29, 0.717) is 4.47 Å². The first kappa shape index (κ1) is 15.6. The summed E-state index contributed by atoms with van der Waals surface area (Å²) in [5.74, 6) is -0.117. The van der Waals surface area contributed by atoms with Crippen LogP contribution in [0.2, 0.25) is 0 Å². The van der Waals surface area contributed by atoms with Crippen molar-refractivity contribution in [3.63, 3.8) is 0 Å². The molecular weight excluding hydrogens is 370 g/mol. The topological polar surface area (TPSA) is 63.7 Å². The second-order valence-electron chi connectivity index (χ2n) is 4.55. The number of carbonyl (C=O) groups excluding carboxylic acids is 1. The molecule has 110 valence electrons. The molecule has 0 saturated heterocycles. The van der Waals surface area contributed by atoms with Crippen LogP contribution in [-0.4, -0.2) is 38.9 Å². The first-order chi connectivity index (χ1) is 9.29. The number of halogens is 2. The summed E-state index contributed by atoms with van der Waals surface area (Å²) in [6, 6.07) is 4.71. The van der Waals surface area contributed by atoms with Crippen LogP contribution in [0.4, 0.5) is 0 Å². The smallest absolute Gasteiger partial charge is 0.265 e. The van der Waals surface area contributed by atoms with Gasteiger partial charge in [-0.05, 0) is 31.0 Å². The van der Waals surface area contributed by atoms with Gasteiger partial charge in [0.1, 0.15) is 10.6 Å². The fourth-order valence-electron chi connectivity index (χ4n) is 1.70. The van der Waals surface area contributed by atoms with Gasteiger partial charge in [-0.15, -0.1) is 0 Å². The van der Waals surface area contributed by atoms with Gasteiger partial charge in [-0.3, -0.25) is 4.79 Å². The summed E-state index contributed by atoms with van der Waals surface area (Å²) in [7, 11) is 3.13. The lowest BCUT2D eigenvalue weighted by molar-refractivity contribution is -0.132. The summed E-state index contributed by atoms with van der Waals surface area (Å²) in [5, 5.41) is 0. The van der Waals surface area contributed by atoms with Gasteiger partial charge in [-0.25, -0.2) is 8.42 Å². The molecule has 0 spiro atoms. The molecule has 1 saturated carbocycles. The number of rotatable bonds is 5. The molecule has 0 bridgehead atoms. The number of hydrogen-bond acceptors (Lipinski definition) is 4. The van der Waals surface area contributed by atoms with E-state index in [1.165, 1.54) is 12.1 Å². The Balaban J connectivity index is 2.11. The minimum absolute atomic E-state index is 0.0701. The molecule has 1 aromatic rings. The lowest BCUT2D eigenvalue weighted by Crippen LogP contribution is -2.33. The molecule has 0 radical (unpaired) electrons. The van der Waals surface area contributed by atoms with Gasteiger partial charge in [0.05, 0.1) is 0 Å². The number of benzene rings is 1. The number of nitrogens with zero attached hydrogens (tertiary/aromatic N) is 1. The van der Waals surface area contributed by atoms with Crippen LogP contribution in [0.25, 0.3) is 0 Å². The highest BCUT2D eigenvalue weighted by molar-refractivity contribution is 9.10. The Morgan fingerprint density at radius 1 is 1.50 bits per heavy atom. The molecule has 2 rings (SSSR count).